The third-order valence-corrected chi connectivity index (χ3v) is 12.1. The van der Waals surface area contributed by atoms with E-state index in [-0.39, 0.29) is 92.3 Å². The highest BCUT2D eigenvalue weighted by molar-refractivity contribution is 7.94. The molecule has 6 rings (SSSR count). The first kappa shape index (κ1) is 50.7. The molecule has 5 aromatic carbocycles. The Morgan fingerprint density at radius 1 is 0.676 bits per heavy atom. The molecule has 0 aliphatic heterocycles. The Balaban J connectivity index is 1.52. The number of fused-ring (bicyclic) bond motifs is 1. The Hall–Kier alpha value is -6.75. The number of phenolic OH excluding ortho intramolecular Hbond substituents is 1. The maximum atomic E-state index is 12.5. The molecule has 68 heavy (non-hydrogen) atoms. The Kier molecular flexibility index (Phi) is 15.7. The van der Waals surface area contributed by atoms with Crippen molar-refractivity contribution in [3.05, 3.63) is 78.5 Å². The number of aliphatic hydroxyl groups excluding tert-OH is 2. The first-order valence-corrected chi connectivity index (χ1v) is 23.6. The zero-order chi connectivity index (χ0) is 49.6. The molecule has 8 N–H and O–H groups in total. The van der Waals surface area contributed by atoms with Crippen molar-refractivity contribution in [1.29, 1.82) is 0 Å². The minimum absolute atomic E-state index is 0.0215. The molecule has 0 radical (unpaired) electrons. The molecule has 0 saturated heterocycles. The van der Waals surface area contributed by atoms with Crippen LogP contribution in [0.15, 0.2) is 123 Å². The minimum atomic E-state index is -5.03. The van der Waals surface area contributed by atoms with E-state index >= 15 is 0 Å². The molecule has 1 aromatic heterocycles. The summed E-state index contributed by atoms with van der Waals surface area (Å²) in [7, 11) is -13.1. The van der Waals surface area contributed by atoms with E-state index in [1.807, 2.05) is 0 Å². The molecule has 1 heterocycles. The van der Waals surface area contributed by atoms with E-state index in [0.717, 1.165) is 41.1 Å². The van der Waals surface area contributed by atoms with E-state index < -0.39 is 81.3 Å². The highest BCUT2D eigenvalue weighted by atomic mass is 32.2. The molecule has 360 valence electrons. The van der Waals surface area contributed by atoms with E-state index in [0.29, 0.717) is 0 Å². The lowest BCUT2D eigenvalue weighted by molar-refractivity contribution is -0.432. The summed E-state index contributed by atoms with van der Waals surface area (Å²) in [5.41, 5.74) is -1.87. The van der Waals surface area contributed by atoms with Gasteiger partial charge in [0.15, 0.2) is 11.4 Å². The lowest BCUT2D eigenvalue weighted by Crippen LogP contribution is -2.04. The number of aliphatic hydroxyl groups is 2. The number of azo groups is 3. The van der Waals surface area contributed by atoms with Crippen molar-refractivity contribution >= 4 is 87.3 Å². The summed E-state index contributed by atoms with van der Waals surface area (Å²) < 4.78 is 123. The lowest BCUT2D eigenvalue weighted by Gasteiger charge is -2.15. The highest BCUT2D eigenvalue weighted by Crippen LogP contribution is 2.49. The molecule has 31 heteroatoms. The summed E-state index contributed by atoms with van der Waals surface area (Å²) in [4.78, 5) is -2.10. The van der Waals surface area contributed by atoms with Crippen molar-refractivity contribution in [2.75, 3.05) is 33.5 Å². The fraction of sp³-hybridized carbons (Fsp3) is 0.162. The predicted octanol–water partition coefficient (Wildman–Crippen LogP) is 6.91. The zero-order valence-corrected chi connectivity index (χ0v) is 37.8. The number of aromatic nitrogens is 2. The van der Waals surface area contributed by atoms with Crippen LogP contribution in [0.3, 0.4) is 0 Å². The van der Waals surface area contributed by atoms with Crippen molar-refractivity contribution in [3.8, 4) is 34.6 Å². The molecular weight excluding hydrogens is 989 g/mol. The molecule has 0 amide bonds. The fourth-order valence-corrected chi connectivity index (χ4v) is 8.06. The first-order chi connectivity index (χ1) is 32.2. The standard InChI is InChI=1S/C37H34N8O19S4/c1-19-34(42-38-21-3-6-23(7-4-21)66(51,52)53)37(49)45(44-19)28-16-24(67(54,55)56)13-20-14-31(65-64-63-50)35(36(48)33(20)28)43-41-27-18-29(61-11-9-46)26(17-30(27)62-12-10-47)40-39-25-8-5-22(60-2)15-32(25)68(57,58)59/h3-8,13-18,46-50H,9-12H2,1-2H3,(H,51,52,53)(H,54,55,56)(H,57,58,59)/b40-39+,42-38+,43-41+. The average Bonchev–Trinajstić information content (AvgIpc) is 3.58. The topological polar surface area (TPSA) is 402 Å². The number of aromatic hydroxyl groups is 2. The van der Waals surface area contributed by atoms with Crippen LogP contribution >= 0.6 is 12.0 Å². The summed E-state index contributed by atoms with van der Waals surface area (Å²) >= 11 is 0.230. The fourth-order valence-electron chi connectivity index (χ4n) is 5.91. The molecule has 0 aliphatic rings. The number of benzene rings is 5. The molecule has 6 aromatic rings. The SMILES string of the molecule is COc1ccc(/N=N/c2cc(OCCO)c(/N=N/c3c(SOOO)cc4cc(S(=O)(=O)O)cc(-n5nc(C)c(/N=N/c6ccc(S(=O)(=O)O)cc6)c5O)c4c3O)cc2OCCO)c(S(=O)(=O)O)c1. The van der Waals surface area contributed by atoms with Gasteiger partial charge in [-0.3, -0.25) is 13.7 Å². The third kappa shape index (κ3) is 11.7. The highest BCUT2D eigenvalue weighted by Gasteiger charge is 2.26. The van der Waals surface area contributed by atoms with Gasteiger partial charge < -0.3 is 34.6 Å². The number of aryl methyl sites for hydroxylation is 1. The number of phenols is 1. The van der Waals surface area contributed by atoms with Gasteiger partial charge in [-0.15, -0.1) is 29.9 Å². The van der Waals surface area contributed by atoms with Gasteiger partial charge in [-0.2, -0.15) is 40.1 Å². The average molecular weight is 1020 g/mol. The van der Waals surface area contributed by atoms with Gasteiger partial charge in [-0.25, -0.2) is 5.26 Å². The van der Waals surface area contributed by atoms with Crippen molar-refractivity contribution in [1.82, 2.24) is 9.78 Å². The van der Waals surface area contributed by atoms with Gasteiger partial charge in [-0.05, 0) is 66.9 Å². The Morgan fingerprint density at radius 3 is 1.82 bits per heavy atom. The number of hydrogen-bond donors (Lipinski definition) is 8. The van der Waals surface area contributed by atoms with E-state index in [1.54, 1.807) is 0 Å². The van der Waals surface area contributed by atoms with Crippen LogP contribution in [0.2, 0.25) is 0 Å². The van der Waals surface area contributed by atoms with E-state index in [4.69, 9.17) is 19.5 Å². The van der Waals surface area contributed by atoms with Crippen LogP contribution in [0.1, 0.15) is 5.69 Å². The quantitative estimate of drug-likeness (QED) is 0.0126. The molecule has 0 unspecified atom stereocenters. The van der Waals surface area contributed by atoms with Gasteiger partial charge in [0.05, 0.1) is 69.5 Å². The number of ether oxygens (including phenoxy) is 3. The summed E-state index contributed by atoms with van der Waals surface area (Å²) in [5.74, 6) is -1.89. The molecule has 0 aliphatic carbocycles. The van der Waals surface area contributed by atoms with Crippen molar-refractivity contribution in [2.24, 2.45) is 30.7 Å². The van der Waals surface area contributed by atoms with Gasteiger partial charge in [-0.1, -0.05) is 5.04 Å². The van der Waals surface area contributed by atoms with Crippen LogP contribution in [-0.2, 0) is 39.7 Å². The predicted molar refractivity (Wildman–Crippen MR) is 233 cm³/mol. The summed E-state index contributed by atoms with van der Waals surface area (Å²) in [6.07, 6.45) is 0. The van der Waals surface area contributed by atoms with Crippen LogP contribution in [0, 0.1) is 6.92 Å². The molecule has 0 fully saturated rings. The number of nitrogens with zero attached hydrogens (tertiary/aromatic N) is 8. The van der Waals surface area contributed by atoms with Gasteiger partial charge >= 0.3 is 0 Å². The molecule has 27 nitrogen and oxygen atoms in total. The van der Waals surface area contributed by atoms with Crippen molar-refractivity contribution in [3.63, 3.8) is 0 Å². The summed E-state index contributed by atoms with van der Waals surface area (Å²) in [6.45, 7) is -0.338. The molecule has 0 saturated carbocycles. The van der Waals surface area contributed by atoms with Crippen LogP contribution < -0.4 is 14.2 Å². The molecular formula is C37H34N8O19S4. The number of rotatable bonds is 20. The second-order valence-corrected chi connectivity index (χ2v) is 18.3. The van der Waals surface area contributed by atoms with E-state index in [9.17, 15) is 59.3 Å². The van der Waals surface area contributed by atoms with E-state index in [1.165, 1.54) is 50.4 Å². The lowest BCUT2D eigenvalue weighted by atomic mass is 10.1. The van der Waals surface area contributed by atoms with Crippen LogP contribution in [0.25, 0.3) is 16.5 Å². The zero-order valence-electron chi connectivity index (χ0n) is 34.5. The Labute approximate surface area is 387 Å². The normalized spacial score (nSPS) is 12.5. The Morgan fingerprint density at radius 2 is 1.26 bits per heavy atom. The van der Waals surface area contributed by atoms with Gasteiger partial charge in [0.25, 0.3) is 30.4 Å². The summed E-state index contributed by atoms with van der Waals surface area (Å²) in [6, 6.07) is 13.3. The maximum Gasteiger partial charge on any atom is 0.296 e. The second kappa shape index (κ2) is 21.0. The van der Waals surface area contributed by atoms with Gasteiger partial charge in [0.2, 0.25) is 5.88 Å². The maximum absolute atomic E-state index is 12.5. The minimum Gasteiger partial charge on any atom is -0.505 e. The van der Waals surface area contributed by atoms with Crippen LogP contribution in [-0.4, -0.2) is 108 Å². The second-order valence-electron chi connectivity index (χ2n) is 13.3. The molecule has 0 atom stereocenters. The van der Waals surface area contributed by atoms with Crippen molar-refractivity contribution < 1.29 is 88.2 Å². The first-order valence-electron chi connectivity index (χ1n) is 18.6. The van der Waals surface area contributed by atoms with E-state index in [2.05, 4.69) is 45.2 Å². The van der Waals surface area contributed by atoms with Crippen LogP contribution in [0.5, 0.6) is 28.9 Å². The van der Waals surface area contributed by atoms with Crippen LogP contribution in [0.4, 0.5) is 34.1 Å². The smallest absolute Gasteiger partial charge is 0.296 e. The van der Waals surface area contributed by atoms with Gasteiger partial charge in [0, 0.05) is 18.2 Å². The Bertz CT molecular complexity index is 3310. The van der Waals surface area contributed by atoms with Crippen molar-refractivity contribution in [2.45, 2.75) is 26.5 Å². The third-order valence-electron chi connectivity index (χ3n) is 8.89. The molecule has 0 spiro atoms. The monoisotopic (exact) mass is 1020 g/mol. The molecule has 0 bridgehead atoms. The number of hydrogen-bond acceptors (Lipinski definition) is 24. The largest absolute Gasteiger partial charge is 0.505 e. The number of methoxy groups -OCH3 is 1. The van der Waals surface area contributed by atoms with Gasteiger partial charge in [0.1, 0.15) is 58.1 Å². The summed E-state index contributed by atoms with van der Waals surface area (Å²) in [5, 5.41) is 83.4.